The van der Waals surface area contributed by atoms with Crippen LogP contribution in [0.4, 0.5) is 34.1 Å². The third-order valence-corrected chi connectivity index (χ3v) is 17.2. The second kappa shape index (κ2) is 20.9. The minimum Gasteiger partial charge on any atom is -0.310 e. The predicted octanol–water partition coefficient (Wildman–Crippen LogP) is 22.1. The number of benzene rings is 11. The smallest absolute Gasteiger partial charge is 0.0466 e. The molecular formula is C80H68N2. The summed E-state index contributed by atoms with van der Waals surface area (Å²) in [6.07, 6.45) is 8.97. The summed E-state index contributed by atoms with van der Waals surface area (Å²) >= 11 is 0. The van der Waals surface area contributed by atoms with Crippen molar-refractivity contribution in [2.24, 2.45) is 0 Å². The van der Waals surface area contributed by atoms with E-state index in [1.165, 1.54) is 134 Å². The average Bonchev–Trinajstić information content (AvgIpc) is 4.03. The molecule has 0 bridgehead atoms. The van der Waals surface area contributed by atoms with E-state index in [0.717, 1.165) is 11.4 Å². The number of hydrogen-bond donors (Lipinski definition) is 0. The van der Waals surface area contributed by atoms with E-state index in [0.29, 0.717) is 0 Å². The van der Waals surface area contributed by atoms with Crippen molar-refractivity contribution in [3.05, 3.63) is 309 Å². The lowest BCUT2D eigenvalue weighted by Crippen LogP contribution is -2.16. The van der Waals surface area contributed by atoms with Gasteiger partial charge in [0.15, 0.2) is 0 Å². The maximum Gasteiger partial charge on any atom is 0.0466 e. The molecule has 398 valence electrons. The van der Waals surface area contributed by atoms with E-state index in [1.54, 1.807) is 0 Å². The number of anilines is 6. The summed E-state index contributed by atoms with van der Waals surface area (Å²) < 4.78 is 0. The zero-order chi connectivity index (χ0) is 56.3. The lowest BCUT2D eigenvalue weighted by Gasteiger charge is -2.28. The van der Waals surface area contributed by atoms with E-state index in [1.807, 2.05) is 0 Å². The first-order valence-corrected chi connectivity index (χ1v) is 28.9. The van der Waals surface area contributed by atoms with Crippen molar-refractivity contribution in [2.75, 3.05) is 9.80 Å². The highest BCUT2D eigenvalue weighted by Gasteiger charge is 2.38. The molecule has 2 aliphatic rings. The molecule has 0 heterocycles. The first kappa shape index (κ1) is 51.9. The van der Waals surface area contributed by atoms with Gasteiger partial charge in [0.25, 0.3) is 0 Å². The molecule has 0 atom stereocenters. The number of aryl methyl sites for hydroxylation is 4. The zero-order valence-electron chi connectivity index (χ0n) is 48.3. The van der Waals surface area contributed by atoms with Gasteiger partial charge in [0.05, 0.1) is 0 Å². The van der Waals surface area contributed by atoms with Crippen LogP contribution in [0.25, 0.3) is 68.8 Å². The van der Waals surface area contributed by atoms with E-state index in [9.17, 15) is 0 Å². The molecule has 2 aliphatic carbocycles. The van der Waals surface area contributed by atoms with Crippen LogP contribution < -0.4 is 9.80 Å². The topological polar surface area (TPSA) is 6.48 Å². The Morgan fingerprint density at radius 2 is 0.524 bits per heavy atom. The Hall–Kier alpha value is -9.50. The van der Waals surface area contributed by atoms with Gasteiger partial charge >= 0.3 is 0 Å². The third-order valence-electron chi connectivity index (χ3n) is 17.2. The molecule has 0 saturated heterocycles. The minimum absolute atomic E-state index is 0.160. The molecule has 11 aromatic carbocycles. The highest BCUT2D eigenvalue weighted by atomic mass is 15.1. The molecule has 0 amide bonds. The SMILES string of the molecule is Cc1cc(C)cc(N(c2ccccc2)c2ccc3c(c2)C(C)(C)c2cc(/C=C/c4ccc(-c5ccc(-c6ccc(/C=C/c7ccc8c(c7)C(C)(C)c7cc(N(c9ccccc9)c9cc(C)cc(C)c9)ccc7-8)cc6)cc5)cc4)ccc2-3)c1. The van der Waals surface area contributed by atoms with Crippen LogP contribution in [0.3, 0.4) is 0 Å². The van der Waals surface area contributed by atoms with Crippen LogP contribution in [0.2, 0.25) is 0 Å². The molecule has 2 heteroatoms. The summed E-state index contributed by atoms with van der Waals surface area (Å²) in [4.78, 5) is 4.79. The van der Waals surface area contributed by atoms with Crippen molar-refractivity contribution >= 4 is 58.4 Å². The molecule has 0 saturated carbocycles. The second-order valence-corrected chi connectivity index (χ2v) is 23.8. The van der Waals surface area contributed by atoms with Crippen molar-refractivity contribution in [3.8, 4) is 44.5 Å². The highest BCUT2D eigenvalue weighted by molar-refractivity contribution is 5.89. The van der Waals surface area contributed by atoms with Crippen molar-refractivity contribution in [1.29, 1.82) is 0 Å². The molecule has 82 heavy (non-hydrogen) atoms. The number of hydrogen-bond acceptors (Lipinski definition) is 2. The summed E-state index contributed by atoms with van der Waals surface area (Å²) in [6, 6.07) is 89.9. The largest absolute Gasteiger partial charge is 0.310 e. The molecule has 13 rings (SSSR count). The van der Waals surface area contributed by atoms with Crippen LogP contribution in [0.1, 0.15) is 94.5 Å². The fourth-order valence-electron chi connectivity index (χ4n) is 13.0. The normalized spacial score (nSPS) is 13.5. The van der Waals surface area contributed by atoms with Crippen molar-refractivity contribution in [1.82, 2.24) is 0 Å². The van der Waals surface area contributed by atoms with Gasteiger partial charge in [-0.3, -0.25) is 0 Å². The molecule has 0 N–H and O–H groups in total. The fraction of sp³-hybridized carbons (Fsp3) is 0.125. The van der Waals surface area contributed by atoms with E-state index in [-0.39, 0.29) is 10.8 Å². The molecule has 0 spiro atoms. The number of fused-ring (bicyclic) bond motifs is 6. The first-order chi connectivity index (χ1) is 39.7. The molecule has 2 nitrogen and oxygen atoms in total. The van der Waals surface area contributed by atoms with Crippen LogP contribution in [0.5, 0.6) is 0 Å². The van der Waals surface area contributed by atoms with Crippen LogP contribution in [0, 0.1) is 27.7 Å². The van der Waals surface area contributed by atoms with Crippen LogP contribution in [-0.4, -0.2) is 0 Å². The lowest BCUT2D eigenvalue weighted by molar-refractivity contribution is 0.660. The first-order valence-electron chi connectivity index (χ1n) is 28.9. The molecule has 0 aromatic heterocycles. The van der Waals surface area contributed by atoms with Crippen molar-refractivity contribution < 1.29 is 0 Å². The maximum atomic E-state index is 2.42. The Morgan fingerprint density at radius 1 is 0.244 bits per heavy atom. The van der Waals surface area contributed by atoms with Gasteiger partial charge in [-0.05, 0) is 212 Å². The van der Waals surface area contributed by atoms with Crippen molar-refractivity contribution in [2.45, 2.75) is 66.2 Å². The van der Waals surface area contributed by atoms with Gasteiger partial charge in [0, 0.05) is 45.0 Å². The van der Waals surface area contributed by atoms with Gasteiger partial charge in [0.2, 0.25) is 0 Å². The monoisotopic (exact) mass is 1060 g/mol. The third kappa shape index (κ3) is 9.79. The van der Waals surface area contributed by atoms with Crippen molar-refractivity contribution in [3.63, 3.8) is 0 Å². The van der Waals surface area contributed by atoms with Gasteiger partial charge in [-0.2, -0.15) is 0 Å². The lowest BCUT2D eigenvalue weighted by atomic mass is 9.81. The molecular weight excluding hydrogens is 989 g/mol. The molecule has 11 aromatic rings. The van der Waals surface area contributed by atoms with E-state index in [2.05, 4.69) is 332 Å². The van der Waals surface area contributed by atoms with E-state index >= 15 is 0 Å². The average molecular weight is 1060 g/mol. The van der Waals surface area contributed by atoms with Crippen LogP contribution >= 0.6 is 0 Å². The quantitative estimate of drug-likeness (QED) is 0.113. The van der Waals surface area contributed by atoms with Crippen LogP contribution in [-0.2, 0) is 10.8 Å². The van der Waals surface area contributed by atoms with Gasteiger partial charge in [-0.1, -0.05) is 222 Å². The standard InChI is InChI=1S/C80H68N2/c1-53-43-54(2)46-69(45-53)81(65-15-11-9-12-16-65)67-37-41-73-71-39-27-59(49-75(71)79(5,6)77(73)51-67)21-19-57-23-29-61(30-24-57)63-33-35-64(36-34-63)62-31-25-58(26-32-62)20-22-60-28-40-72-74-42-38-68(52-78(74)80(7,8)76(72)50-60)82(66-17-13-10-14-18-66)70-47-55(3)44-56(4)48-70/h9-52H,1-8H3/b21-19+,22-20+. The molecule has 0 fully saturated rings. The van der Waals surface area contributed by atoms with E-state index < -0.39 is 0 Å². The minimum atomic E-state index is -0.160. The molecule has 0 unspecified atom stereocenters. The van der Waals surface area contributed by atoms with Gasteiger partial charge in [-0.25, -0.2) is 0 Å². The summed E-state index contributed by atoms with van der Waals surface area (Å²) in [5.74, 6) is 0. The second-order valence-electron chi connectivity index (χ2n) is 23.8. The fourth-order valence-corrected chi connectivity index (χ4v) is 13.0. The highest BCUT2D eigenvalue weighted by Crippen LogP contribution is 2.53. The number of nitrogens with zero attached hydrogens (tertiary/aromatic N) is 2. The number of rotatable bonds is 12. The van der Waals surface area contributed by atoms with Gasteiger partial charge in [-0.15, -0.1) is 0 Å². The predicted molar refractivity (Wildman–Crippen MR) is 351 cm³/mol. The van der Waals surface area contributed by atoms with Gasteiger partial charge in [0.1, 0.15) is 0 Å². The molecule has 0 aliphatic heterocycles. The number of para-hydroxylation sites is 2. The molecule has 0 radical (unpaired) electrons. The van der Waals surface area contributed by atoms with Gasteiger partial charge < -0.3 is 9.80 Å². The zero-order valence-corrected chi connectivity index (χ0v) is 48.3. The van der Waals surface area contributed by atoms with Crippen LogP contribution in [0.15, 0.2) is 243 Å². The Balaban J connectivity index is 0.663. The summed E-state index contributed by atoms with van der Waals surface area (Å²) in [5.41, 5.74) is 32.0. The van der Waals surface area contributed by atoms with E-state index in [4.69, 9.17) is 0 Å². The summed E-state index contributed by atoms with van der Waals surface area (Å²) in [7, 11) is 0. The Labute approximate surface area is 485 Å². The Bertz CT molecular complexity index is 3950. The summed E-state index contributed by atoms with van der Waals surface area (Å²) in [6.45, 7) is 18.2. The Kier molecular flexibility index (Phi) is 13.2. The summed E-state index contributed by atoms with van der Waals surface area (Å²) in [5, 5.41) is 0. The Morgan fingerprint density at radius 3 is 0.866 bits per heavy atom. The maximum absolute atomic E-state index is 2.42.